The maximum Gasteiger partial charge on any atom is 0.471 e. The molecule has 2 aliphatic heterocycles. The van der Waals surface area contributed by atoms with Crippen LogP contribution in [0.2, 0.25) is 0 Å². The van der Waals surface area contributed by atoms with Gasteiger partial charge in [-0.25, -0.2) is 4.79 Å². The normalized spacial score (nSPS) is 22.4. The minimum Gasteiger partial charge on any atom is -0.464 e. The molecule has 45 heavy (non-hydrogen) atoms. The fourth-order valence-electron chi connectivity index (χ4n) is 6.12. The highest BCUT2D eigenvalue weighted by Gasteiger charge is 2.46. The van der Waals surface area contributed by atoms with Crippen LogP contribution in [0.1, 0.15) is 68.4 Å². The predicted molar refractivity (Wildman–Crippen MR) is 151 cm³/mol. The molecule has 1 aromatic rings. The number of nitrogens with zero attached hydrogens (tertiary/aromatic N) is 1. The number of esters is 1. The van der Waals surface area contributed by atoms with Gasteiger partial charge in [-0.15, -0.1) is 0 Å². The lowest BCUT2D eigenvalue weighted by atomic mass is 9.76. The van der Waals surface area contributed by atoms with Crippen molar-refractivity contribution in [1.82, 2.24) is 20.9 Å². The number of hydrogen-bond donors (Lipinski definition) is 3. The van der Waals surface area contributed by atoms with Gasteiger partial charge in [0, 0.05) is 37.5 Å². The molecular weight excluding hydrogens is 610 g/mol. The number of carbonyl (C=O) groups is 4. The van der Waals surface area contributed by atoms with Crippen LogP contribution in [0.3, 0.4) is 0 Å². The van der Waals surface area contributed by atoms with E-state index in [0.29, 0.717) is 6.04 Å². The number of alkyl halides is 6. The Labute approximate surface area is 257 Å². The van der Waals surface area contributed by atoms with Crippen LogP contribution < -0.4 is 16.0 Å². The molecule has 2 bridgehead atoms. The molecule has 9 nitrogen and oxygen atoms in total. The fourth-order valence-corrected chi connectivity index (χ4v) is 6.12. The molecule has 0 aromatic heterocycles. The van der Waals surface area contributed by atoms with Gasteiger partial charge in [-0.05, 0) is 70.4 Å². The summed E-state index contributed by atoms with van der Waals surface area (Å²) in [5.41, 5.74) is 2.26. The summed E-state index contributed by atoms with van der Waals surface area (Å²) < 4.78 is 80.2. The van der Waals surface area contributed by atoms with Gasteiger partial charge in [0.15, 0.2) is 0 Å². The number of halogens is 6. The number of unbranched alkanes of at least 4 members (excludes halogenated alkanes) is 1. The first-order chi connectivity index (χ1) is 21.1. The van der Waals surface area contributed by atoms with Gasteiger partial charge >= 0.3 is 30.1 Å². The van der Waals surface area contributed by atoms with Crippen molar-refractivity contribution in [3.8, 4) is 0 Å². The first kappa shape index (κ1) is 36.1. The molecule has 0 radical (unpaired) electrons. The van der Waals surface area contributed by atoms with Crippen LogP contribution in [0, 0.1) is 12.8 Å². The highest BCUT2D eigenvalue weighted by atomic mass is 19.4. The lowest BCUT2D eigenvalue weighted by Gasteiger charge is -2.43. The predicted octanol–water partition coefficient (Wildman–Crippen LogP) is 3.90. The lowest BCUT2D eigenvalue weighted by Crippen LogP contribution is -2.48. The smallest absolute Gasteiger partial charge is 0.464 e. The van der Waals surface area contributed by atoms with Crippen LogP contribution in [0.25, 0.3) is 0 Å². The number of fused-ring (bicyclic) bond motifs is 2. The van der Waals surface area contributed by atoms with Crippen molar-refractivity contribution < 1.29 is 50.3 Å². The second kappa shape index (κ2) is 15.8. The Hall–Kier alpha value is -3.36. The van der Waals surface area contributed by atoms with Crippen molar-refractivity contribution >= 4 is 23.7 Å². The van der Waals surface area contributed by atoms with Gasteiger partial charge < -0.3 is 25.6 Å². The molecule has 3 N–H and O–H groups in total. The van der Waals surface area contributed by atoms with Crippen LogP contribution in [0.5, 0.6) is 0 Å². The van der Waals surface area contributed by atoms with Crippen molar-refractivity contribution in [2.75, 3.05) is 26.7 Å². The zero-order valence-corrected chi connectivity index (χ0v) is 25.2. The van der Waals surface area contributed by atoms with Crippen molar-refractivity contribution in [2.45, 2.75) is 94.7 Å². The van der Waals surface area contributed by atoms with E-state index in [1.54, 1.807) is 10.6 Å². The highest BCUT2D eigenvalue weighted by Crippen LogP contribution is 2.46. The molecule has 2 saturated heterocycles. The monoisotopic (exact) mass is 650 g/mol. The van der Waals surface area contributed by atoms with Crippen molar-refractivity contribution in [1.29, 1.82) is 0 Å². The number of amides is 3. The fraction of sp³-hybridized carbons (Fsp3) is 0.667. The number of rotatable bonds is 14. The van der Waals surface area contributed by atoms with E-state index in [-0.39, 0.29) is 63.1 Å². The van der Waals surface area contributed by atoms with Crippen molar-refractivity contribution in [3.05, 3.63) is 35.4 Å². The van der Waals surface area contributed by atoms with E-state index in [2.05, 4.69) is 29.4 Å². The molecule has 5 atom stereocenters. The average Bonchev–Trinajstić information content (AvgIpc) is 3.20. The number of hydrogen-bond acceptors (Lipinski definition) is 6. The number of aryl methyl sites for hydroxylation is 1. The SMILES string of the molecule is Cc1ccc([C@H]2C[C@H]3CCC(C2COC(=O)C(CCCNC(=O)C(F)(F)F)NC(=O)CCCCNC(=O)C(F)(F)F)N3C)cc1. The zero-order chi connectivity index (χ0) is 33.4. The minimum absolute atomic E-state index is 0.0326. The third-order valence-electron chi connectivity index (χ3n) is 8.56. The Balaban J connectivity index is 1.60. The second-order valence-electron chi connectivity index (χ2n) is 11.7. The largest absolute Gasteiger partial charge is 0.471 e. The highest BCUT2D eigenvalue weighted by molar-refractivity contribution is 5.84. The van der Waals surface area contributed by atoms with Crippen LogP contribution in [-0.2, 0) is 23.9 Å². The molecular formula is C30H40F6N4O5. The maximum absolute atomic E-state index is 13.3. The minimum atomic E-state index is -5.06. The van der Waals surface area contributed by atoms with Crippen LogP contribution in [0.4, 0.5) is 26.3 Å². The average molecular weight is 651 g/mol. The number of carbonyl (C=O) groups excluding carboxylic acids is 4. The standard InChI is InChI=1S/C30H40F6N4O5/c1-18-8-10-19(11-9-18)21-16-20-12-13-24(40(20)2)22(21)17-45-26(42)23(6-5-15-38-28(44)30(34,35)36)39-25(41)7-3-4-14-37-27(43)29(31,32)33/h8-11,20-24H,3-7,12-17H2,1-2H3,(H,37,43)(H,38,44)(H,39,41)/t20-,21-,22?,23?,24?/m1/s1. The Morgan fingerprint density at radius 3 is 2.11 bits per heavy atom. The zero-order valence-electron chi connectivity index (χ0n) is 25.2. The van der Waals surface area contributed by atoms with E-state index >= 15 is 0 Å². The number of benzene rings is 1. The Morgan fingerprint density at radius 1 is 0.911 bits per heavy atom. The third-order valence-corrected chi connectivity index (χ3v) is 8.56. The summed E-state index contributed by atoms with van der Waals surface area (Å²) in [6.07, 6.45) is -7.44. The van der Waals surface area contributed by atoms with Crippen molar-refractivity contribution in [2.24, 2.45) is 5.92 Å². The Morgan fingerprint density at radius 2 is 1.51 bits per heavy atom. The molecule has 2 aliphatic rings. The number of piperidine rings is 1. The quantitative estimate of drug-likeness (QED) is 0.160. The summed E-state index contributed by atoms with van der Waals surface area (Å²) in [5.74, 6) is -5.50. The van der Waals surface area contributed by atoms with E-state index in [9.17, 15) is 45.5 Å². The molecule has 2 heterocycles. The first-order valence-corrected chi connectivity index (χ1v) is 15.0. The van der Waals surface area contributed by atoms with Gasteiger partial charge in [0.1, 0.15) is 6.04 Å². The molecule has 0 saturated carbocycles. The van der Waals surface area contributed by atoms with E-state index < -0.39 is 48.6 Å². The van der Waals surface area contributed by atoms with E-state index in [1.807, 2.05) is 19.1 Å². The molecule has 0 aliphatic carbocycles. The molecule has 2 fully saturated rings. The summed E-state index contributed by atoms with van der Waals surface area (Å²) in [7, 11) is 2.05. The van der Waals surface area contributed by atoms with Gasteiger partial charge in [0.05, 0.1) is 6.61 Å². The molecule has 3 amide bonds. The second-order valence-corrected chi connectivity index (χ2v) is 11.7. The van der Waals surface area contributed by atoms with Crippen LogP contribution in [0.15, 0.2) is 24.3 Å². The summed E-state index contributed by atoms with van der Waals surface area (Å²) in [4.78, 5) is 50.2. The summed E-state index contributed by atoms with van der Waals surface area (Å²) in [6, 6.07) is 7.58. The summed E-state index contributed by atoms with van der Waals surface area (Å²) in [6.45, 7) is 1.35. The first-order valence-electron chi connectivity index (χ1n) is 15.0. The van der Waals surface area contributed by atoms with E-state index in [1.165, 1.54) is 0 Å². The number of nitrogens with one attached hydrogen (secondary N) is 3. The van der Waals surface area contributed by atoms with Gasteiger partial charge in [0.25, 0.3) is 0 Å². The van der Waals surface area contributed by atoms with Gasteiger partial charge in [-0.2, -0.15) is 26.3 Å². The molecule has 15 heteroatoms. The molecule has 1 aromatic carbocycles. The third kappa shape index (κ3) is 10.6. The Bertz CT molecular complexity index is 1180. The summed E-state index contributed by atoms with van der Waals surface area (Å²) in [5, 5.41) is 5.94. The molecule has 252 valence electrons. The summed E-state index contributed by atoms with van der Waals surface area (Å²) >= 11 is 0. The van der Waals surface area contributed by atoms with Crippen LogP contribution >= 0.6 is 0 Å². The van der Waals surface area contributed by atoms with E-state index in [4.69, 9.17) is 4.74 Å². The number of ether oxygens (including phenoxy) is 1. The van der Waals surface area contributed by atoms with Crippen LogP contribution in [-0.4, -0.2) is 85.8 Å². The van der Waals surface area contributed by atoms with Crippen molar-refractivity contribution in [3.63, 3.8) is 0 Å². The lowest BCUT2D eigenvalue weighted by molar-refractivity contribution is -0.173. The maximum atomic E-state index is 13.3. The molecule has 0 spiro atoms. The van der Waals surface area contributed by atoms with Gasteiger partial charge in [-0.3, -0.25) is 14.4 Å². The van der Waals surface area contributed by atoms with Gasteiger partial charge in [0.2, 0.25) is 5.91 Å². The molecule has 3 rings (SSSR count). The molecule has 3 unspecified atom stereocenters. The topological polar surface area (TPSA) is 117 Å². The Kier molecular flexibility index (Phi) is 12.7. The van der Waals surface area contributed by atoms with Gasteiger partial charge in [-0.1, -0.05) is 29.8 Å². The van der Waals surface area contributed by atoms with E-state index in [0.717, 1.165) is 30.4 Å².